The first-order valence-electron chi connectivity index (χ1n) is 8.41. The molecule has 7 heteroatoms. The highest BCUT2D eigenvalue weighted by Gasteiger charge is 2.23. The van der Waals surface area contributed by atoms with Crippen molar-refractivity contribution in [2.75, 3.05) is 13.1 Å². The van der Waals surface area contributed by atoms with Crippen molar-refractivity contribution in [3.05, 3.63) is 66.6 Å². The van der Waals surface area contributed by atoms with Crippen LogP contribution in [0.4, 0.5) is 4.39 Å². The molecule has 128 valence electrons. The van der Waals surface area contributed by atoms with Gasteiger partial charge in [-0.25, -0.2) is 14.4 Å². The van der Waals surface area contributed by atoms with Gasteiger partial charge in [0, 0.05) is 37.6 Å². The van der Waals surface area contributed by atoms with Gasteiger partial charge in [-0.15, -0.1) is 0 Å². The molecular weight excluding hydrogens is 319 g/mol. The van der Waals surface area contributed by atoms with Crippen LogP contribution in [-0.2, 0) is 6.54 Å². The molecule has 3 aromatic rings. The number of rotatable bonds is 4. The van der Waals surface area contributed by atoms with E-state index >= 15 is 0 Å². The van der Waals surface area contributed by atoms with Gasteiger partial charge in [0.25, 0.3) is 0 Å². The molecule has 0 aliphatic carbocycles. The third-order valence-corrected chi connectivity index (χ3v) is 4.51. The fourth-order valence-corrected chi connectivity index (χ4v) is 3.26. The van der Waals surface area contributed by atoms with Crippen molar-refractivity contribution >= 4 is 0 Å². The first-order valence-corrected chi connectivity index (χ1v) is 8.41. The van der Waals surface area contributed by atoms with Gasteiger partial charge in [0.2, 0.25) is 0 Å². The highest BCUT2D eigenvalue weighted by Crippen LogP contribution is 2.26. The molecule has 1 aliphatic heterocycles. The van der Waals surface area contributed by atoms with E-state index in [0.717, 1.165) is 49.7 Å². The summed E-state index contributed by atoms with van der Waals surface area (Å²) in [4.78, 5) is 19.7. The smallest absolute Gasteiger partial charge is 0.156 e. The van der Waals surface area contributed by atoms with Crippen LogP contribution in [0.5, 0.6) is 0 Å². The molecule has 1 atom stereocenters. The van der Waals surface area contributed by atoms with Crippen LogP contribution in [0.3, 0.4) is 0 Å². The summed E-state index contributed by atoms with van der Waals surface area (Å²) in [6.07, 6.45) is 12.4. The summed E-state index contributed by atoms with van der Waals surface area (Å²) in [6.45, 7) is 2.65. The third-order valence-electron chi connectivity index (χ3n) is 4.51. The highest BCUT2D eigenvalue weighted by atomic mass is 19.1. The van der Waals surface area contributed by atoms with Crippen LogP contribution in [0.1, 0.15) is 30.1 Å². The lowest BCUT2D eigenvalue weighted by molar-refractivity contribution is 0.196. The second-order valence-electron chi connectivity index (χ2n) is 6.31. The zero-order valence-electron chi connectivity index (χ0n) is 13.8. The van der Waals surface area contributed by atoms with E-state index in [-0.39, 0.29) is 5.82 Å². The maximum Gasteiger partial charge on any atom is 0.156 e. The van der Waals surface area contributed by atoms with E-state index in [9.17, 15) is 4.39 Å². The summed E-state index contributed by atoms with van der Waals surface area (Å²) in [5.74, 6) is 0.823. The van der Waals surface area contributed by atoms with E-state index in [1.807, 2.05) is 17.0 Å². The van der Waals surface area contributed by atoms with Gasteiger partial charge in [-0.2, -0.15) is 0 Å². The van der Waals surface area contributed by atoms with Crippen molar-refractivity contribution < 1.29 is 4.39 Å². The normalized spacial score (nSPS) is 18.4. The van der Waals surface area contributed by atoms with Gasteiger partial charge in [0.15, 0.2) is 5.82 Å². The summed E-state index contributed by atoms with van der Waals surface area (Å²) in [5.41, 5.74) is 1.89. The van der Waals surface area contributed by atoms with E-state index in [0.29, 0.717) is 5.92 Å². The van der Waals surface area contributed by atoms with Crippen molar-refractivity contribution in [2.24, 2.45) is 0 Å². The molecule has 4 rings (SSSR count). The van der Waals surface area contributed by atoms with Gasteiger partial charge in [-0.1, -0.05) is 0 Å². The quantitative estimate of drug-likeness (QED) is 0.732. The van der Waals surface area contributed by atoms with Crippen LogP contribution in [0.25, 0.3) is 5.82 Å². The molecule has 0 amide bonds. The molecule has 6 nitrogen and oxygen atoms in total. The van der Waals surface area contributed by atoms with Crippen LogP contribution in [0.2, 0.25) is 0 Å². The first-order chi connectivity index (χ1) is 12.3. The van der Waals surface area contributed by atoms with Gasteiger partial charge in [0.05, 0.1) is 23.8 Å². The average molecular weight is 338 g/mol. The van der Waals surface area contributed by atoms with Gasteiger partial charge in [0.1, 0.15) is 12.1 Å². The van der Waals surface area contributed by atoms with Crippen molar-refractivity contribution in [1.82, 2.24) is 29.4 Å². The average Bonchev–Trinajstić information content (AvgIpc) is 3.19. The second kappa shape index (κ2) is 7.06. The number of halogens is 1. The minimum Gasteiger partial charge on any atom is -0.297 e. The Morgan fingerprint density at radius 1 is 1.16 bits per heavy atom. The minimum absolute atomic E-state index is 0.299. The van der Waals surface area contributed by atoms with Crippen molar-refractivity contribution in [3.63, 3.8) is 0 Å². The topological polar surface area (TPSA) is 59.7 Å². The van der Waals surface area contributed by atoms with Crippen LogP contribution in [0.15, 0.2) is 49.4 Å². The number of likely N-dealkylation sites (tertiary alicyclic amines) is 1. The van der Waals surface area contributed by atoms with Crippen molar-refractivity contribution in [1.29, 1.82) is 0 Å². The van der Waals surface area contributed by atoms with E-state index < -0.39 is 0 Å². The molecule has 25 heavy (non-hydrogen) atoms. The maximum absolute atomic E-state index is 13.0. The zero-order valence-corrected chi connectivity index (χ0v) is 13.8. The minimum atomic E-state index is -0.299. The molecule has 0 saturated carbocycles. The van der Waals surface area contributed by atoms with Gasteiger partial charge < -0.3 is 0 Å². The van der Waals surface area contributed by atoms with Crippen molar-refractivity contribution in [3.8, 4) is 5.82 Å². The van der Waals surface area contributed by atoms with E-state index in [4.69, 9.17) is 4.98 Å². The first kappa shape index (κ1) is 15.8. The number of nitrogens with zero attached hydrogens (tertiary/aromatic N) is 6. The monoisotopic (exact) mass is 338 g/mol. The Labute approximate surface area is 145 Å². The largest absolute Gasteiger partial charge is 0.297 e. The lowest BCUT2D eigenvalue weighted by Crippen LogP contribution is -2.34. The number of hydrogen-bond acceptors (Lipinski definition) is 5. The predicted molar refractivity (Wildman–Crippen MR) is 90.6 cm³/mol. The Hall–Kier alpha value is -2.67. The van der Waals surface area contributed by atoms with Crippen LogP contribution >= 0.6 is 0 Å². The molecule has 1 saturated heterocycles. The lowest BCUT2D eigenvalue weighted by Gasteiger charge is -2.32. The molecule has 0 aromatic carbocycles. The molecule has 4 heterocycles. The Bertz CT molecular complexity index is 818. The number of piperidine rings is 1. The highest BCUT2D eigenvalue weighted by molar-refractivity contribution is 5.21. The summed E-state index contributed by atoms with van der Waals surface area (Å²) in [6, 6.07) is 3.21. The Morgan fingerprint density at radius 3 is 2.92 bits per heavy atom. The molecular formula is C18H19FN6. The van der Waals surface area contributed by atoms with Crippen LogP contribution in [-0.4, -0.2) is 42.5 Å². The number of hydrogen-bond donors (Lipinski definition) is 0. The Morgan fingerprint density at radius 2 is 2.12 bits per heavy atom. The fraction of sp³-hybridized carbons (Fsp3) is 0.333. The fourth-order valence-electron chi connectivity index (χ4n) is 3.26. The molecule has 0 spiro atoms. The van der Waals surface area contributed by atoms with Crippen molar-refractivity contribution in [2.45, 2.75) is 25.3 Å². The van der Waals surface area contributed by atoms with Gasteiger partial charge in [-0.05, 0) is 31.5 Å². The molecule has 1 fully saturated rings. The Balaban J connectivity index is 1.47. The van der Waals surface area contributed by atoms with E-state index in [1.165, 1.54) is 12.3 Å². The molecule has 0 radical (unpaired) electrons. The van der Waals surface area contributed by atoms with Gasteiger partial charge >= 0.3 is 0 Å². The molecule has 0 unspecified atom stereocenters. The molecule has 0 N–H and O–H groups in total. The summed E-state index contributed by atoms with van der Waals surface area (Å²) in [7, 11) is 0. The van der Waals surface area contributed by atoms with E-state index in [1.54, 1.807) is 24.8 Å². The predicted octanol–water partition coefficient (Wildman–Crippen LogP) is 2.58. The van der Waals surface area contributed by atoms with Gasteiger partial charge in [-0.3, -0.25) is 19.4 Å². The zero-order chi connectivity index (χ0) is 17.1. The molecule has 0 bridgehead atoms. The number of pyridine rings is 1. The lowest BCUT2D eigenvalue weighted by atomic mass is 9.95. The SMILES string of the molecule is Fc1ccc(CN2CCC[C@H](c3cncc(-n4ccnc4)n3)C2)nc1. The number of aromatic nitrogens is 5. The van der Waals surface area contributed by atoms with Crippen LogP contribution < -0.4 is 0 Å². The molecule has 1 aliphatic rings. The van der Waals surface area contributed by atoms with Crippen LogP contribution in [0, 0.1) is 5.82 Å². The third kappa shape index (κ3) is 3.71. The summed E-state index contributed by atoms with van der Waals surface area (Å²) >= 11 is 0. The summed E-state index contributed by atoms with van der Waals surface area (Å²) < 4.78 is 14.9. The second-order valence-corrected chi connectivity index (χ2v) is 6.31. The maximum atomic E-state index is 13.0. The standard InChI is InChI=1S/C18H19FN6/c19-15-3-4-16(22-8-15)12-24-6-1-2-14(11-24)17-9-21-10-18(23-17)25-7-5-20-13-25/h3-5,7-10,13-14H,1-2,6,11-12H2/t14-/m0/s1. The summed E-state index contributed by atoms with van der Waals surface area (Å²) in [5, 5.41) is 0. The Kier molecular flexibility index (Phi) is 4.47. The molecule has 3 aromatic heterocycles. The number of imidazole rings is 1. The van der Waals surface area contributed by atoms with E-state index in [2.05, 4.69) is 19.9 Å².